The third kappa shape index (κ3) is 3.70. The van der Waals surface area contributed by atoms with E-state index in [4.69, 9.17) is 11.6 Å². The van der Waals surface area contributed by atoms with Gasteiger partial charge in [0.25, 0.3) is 5.91 Å². The van der Waals surface area contributed by atoms with Gasteiger partial charge < -0.3 is 9.80 Å². The van der Waals surface area contributed by atoms with Crippen LogP contribution in [0.3, 0.4) is 0 Å². The first-order valence-electron chi connectivity index (χ1n) is 9.17. The van der Waals surface area contributed by atoms with Crippen LogP contribution in [0.2, 0.25) is 5.02 Å². The SMILES string of the molecule is CN1CCN(C(=O)C2=Nc3ccc(Cl)cc3C(c3ccccc3F)=NC2)CC1. The zero-order valence-corrected chi connectivity index (χ0v) is 16.3. The number of amides is 1. The van der Waals surface area contributed by atoms with Crippen molar-refractivity contribution in [3.8, 4) is 0 Å². The van der Waals surface area contributed by atoms with Crippen LogP contribution in [0.15, 0.2) is 52.4 Å². The van der Waals surface area contributed by atoms with Gasteiger partial charge in [-0.1, -0.05) is 23.7 Å². The zero-order chi connectivity index (χ0) is 19.7. The molecule has 0 spiro atoms. The maximum Gasteiger partial charge on any atom is 0.270 e. The number of carbonyl (C=O) groups excluding carboxylic acids is 1. The molecular formula is C21H20ClFN4O. The highest BCUT2D eigenvalue weighted by Gasteiger charge is 2.26. The number of likely N-dealkylation sites (N-methyl/N-ethyl adjacent to an activating group) is 1. The number of hydrogen-bond donors (Lipinski definition) is 0. The largest absolute Gasteiger partial charge is 0.335 e. The smallest absolute Gasteiger partial charge is 0.270 e. The molecule has 4 rings (SSSR count). The van der Waals surface area contributed by atoms with Gasteiger partial charge >= 0.3 is 0 Å². The fourth-order valence-electron chi connectivity index (χ4n) is 3.41. The fourth-order valence-corrected chi connectivity index (χ4v) is 3.58. The van der Waals surface area contributed by atoms with Gasteiger partial charge in [0.1, 0.15) is 11.5 Å². The highest BCUT2D eigenvalue weighted by atomic mass is 35.5. The number of halogens is 2. The molecule has 144 valence electrons. The van der Waals surface area contributed by atoms with Crippen LogP contribution in [0.4, 0.5) is 10.1 Å². The Labute approximate surface area is 168 Å². The lowest BCUT2D eigenvalue weighted by Crippen LogP contribution is -2.49. The molecule has 7 heteroatoms. The summed E-state index contributed by atoms with van der Waals surface area (Å²) in [5.74, 6) is -0.492. The Hall–Kier alpha value is -2.57. The molecule has 1 amide bonds. The van der Waals surface area contributed by atoms with E-state index in [9.17, 15) is 9.18 Å². The molecule has 2 aliphatic rings. The molecular weight excluding hydrogens is 379 g/mol. The van der Waals surface area contributed by atoms with Crippen LogP contribution in [-0.4, -0.2) is 66.9 Å². The summed E-state index contributed by atoms with van der Waals surface area (Å²) in [6, 6.07) is 11.6. The van der Waals surface area contributed by atoms with Crippen molar-refractivity contribution in [1.29, 1.82) is 0 Å². The summed E-state index contributed by atoms with van der Waals surface area (Å²) in [4.78, 5) is 26.2. The van der Waals surface area contributed by atoms with Gasteiger partial charge in [-0.05, 0) is 37.4 Å². The normalized spacial score (nSPS) is 17.5. The van der Waals surface area contributed by atoms with E-state index < -0.39 is 0 Å². The number of hydrogen-bond acceptors (Lipinski definition) is 4. The Kier molecular flexibility index (Phi) is 5.24. The molecule has 2 aromatic carbocycles. The number of nitrogens with zero attached hydrogens (tertiary/aromatic N) is 4. The minimum absolute atomic E-state index is 0.0984. The van der Waals surface area contributed by atoms with E-state index in [2.05, 4.69) is 14.9 Å². The number of benzene rings is 2. The molecule has 2 aromatic rings. The number of piperazine rings is 1. The molecule has 1 fully saturated rings. The van der Waals surface area contributed by atoms with E-state index in [1.165, 1.54) is 6.07 Å². The van der Waals surface area contributed by atoms with Gasteiger partial charge in [0, 0.05) is 42.3 Å². The standard InChI is InChI=1S/C21H20ClFN4O/c1-26-8-10-27(11-9-26)21(28)19-13-24-20(15-4-2-3-5-17(15)23)16-12-14(22)6-7-18(16)25-19/h2-7,12H,8-11,13H2,1H3. The minimum Gasteiger partial charge on any atom is -0.335 e. The van der Waals surface area contributed by atoms with Crippen molar-refractivity contribution in [2.24, 2.45) is 9.98 Å². The predicted molar refractivity (Wildman–Crippen MR) is 110 cm³/mol. The molecule has 0 atom stereocenters. The lowest BCUT2D eigenvalue weighted by molar-refractivity contribution is -0.125. The van der Waals surface area contributed by atoms with Gasteiger partial charge in [-0.2, -0.15) is 0 Å². The Morgan fingerprint density at radius 1 is 1.07 bits per heavy atom. The first-order chi connectivity index (χ1) is 13.5. The van der Waals surface area contributed by atoms with Gasteiger partial charge in [0.15, 0.2) is 0 Å². The second-order valence-corrected chi connectivity index (χ2v) is 7.40. The molecule has 0 saturated carbocycles. The van der Waals surface area contributed by atoms with Gasteiger partial charge in [-0.25, -0.2) is 9.38 Å². The Morgan fingerprint density at radius 2 is 1.82 bits per heavy atom. The number of rotatable bonds is 2. The second-order valence-electron chi connectivity index (χ2n) is 6.96. The Bertz CT molecular complexity index is 980. The summed E-state index contributed by atoms with van der Waals surface area (Å²) in [5, 5.41) is 0.506. The van der Waals surface area contributed by atoms with Gasteiger partial charge in [0.2, 0.25) is 0 Å². The average molecular weight is 399 g/mol. The molecule has 0 bridgehead atoms. The summed E-state index contributed by atoms with van der Waals surface area (Å²) in [6.45, 7) is 3.07. The molecule has 2 heterocycles. The van der Waals surface area contributed by atoms with E-state index in [1.807, 2.05) is 7.05 Å². The molecule has 0 aromatic heterocycles. The number of carbonyl (C=O) groups is 1. The van der Waals surface area contributed by atoms with E-state index >= 15 is 0 Å². The molecule has 5 nitrogen and oxygen atoms in total. The van der Waals surface area contributed by atoms with Crippen molar-refractivity contribution >= 4 is 34.6 Å². The van der Waals surface area contributed by atoms with E-state index in [1.54, 1.807) is 41.3 Å². The third-order valence-electron chi connectivity index (χ3n) is 5.02. The van der Waals surface area contributed by atoms with E-state index in [0.717, 1.165) is 13.1 Å². The first-order valence-corrected chi connectivity index (χ1v) is 9.55. The van der Waals surface area contributed by atoms with E-state index in [0.29, 0.717) is 46.3 Å². The minimum atomic E-state index is -0.374. The molecule has 0 radical (unpaired) electrons. The monoisotopic (exact) mass is 398 g/mol. The van der Waals surface area contributed by atoms with E-state index in [-0.39, 0.29) is 18.3 Å². The topological polar surface area (TPSA) is 48.3 Å². The maximum absolute atomic E-state index is 14.5. The fraction of sp³-hybridized carbons (Fsp3) is 0.286. The van der Waals surface area contributed by atoms with Gasteiger partial charge in [-0.15, -0.1) is 0 Å². The van der Waals surface area contributed by atoms with Crippen LogP contribution in [0, 0.1) is 5.82 Å². The summed E-state index contributed by atoms with van der Waals surface area (Å²) >= 11 is 6.18. The van der Waals surface area contributed by atoms with Crippen LogP contribution in [0.5, 0.6) is 0 Å². The van der Waals surface area contributed by atoms with Crippen LogP contribution in [0.1, 0.15) is 11.1 Å². The van der Waals surface area contributed by atoms with Crippen molar-refractivity contribution in [3.63, 3.8) is 0 Å². The molecule has 2 aliphatic heterocycles. The number of aliphatic imine (C=N–C) groups is 2. The first kappa shape index (κ1) is 18.8. The number of fused-ring (bicyclic) bond motifs is 1. The zero-order valence-electron chi connectivity index (χ0n) is 15.5. The highest BCUT2D eigenvalue weighted by Crippen LogP contribution is 2.29. The average Bonchev–Trinajstić information content (AvgIpc) is 2.88. The molecule has 0 unspecified atom stereocenters. The Morgan fingerprint density at radius 3 is 2.57 bits per heavy atom. The predicted octanol–water partition coefficient (Wildman–Crippen LogP) is 3.18. The molecule has 1 saturated heterocycles. The summed E-state index contributed by atoms with van der Waals surface area (Å²) in [7, 11) is 2.04. The van der Waals surface area contributed by atoms with Crippen LogP contribution < -0.4 is 0 Å². The van der Waals surface area contributed by atoms with Crippen molar-refractivity contribution in [2.75, 3.05) is 39.8 Å². The molecule has 0 N–H and O–H groups in total. The quantitative estimate of drug-likeness (QED) is 0.780. The molecule has 0 aliphatic carbocycles. The third-order valence-corrected chi connectivity index (χ3v) is 5.26. The van der Waals surface area contributed by atoms with Crippen molar-refractivity contribution in [3.05, 3.63) is 64.4 Å². The lowest BCUT2D eigenvalue weighted by Gasteiger charge is -2.32. The summed E-state index contributed by atoms with van der Waals surface area (Å²) in [5.41, 5.74) is 2.38. The van der Waals surface area contributed by atoms with Crippen LogP contribution >= 0.6 is 11.6 Å². The summed E-state index contributed by atoms with van der Waals surface area (Å²) < 4.78 is 14.5. The highest BCUT2D eigenvalue weighted by molar-refractivity contribution is 6.41. The second kappa shape index (κ2) is 7.81. The van der Waals surface area contributed by atoms with Crippen molar-refractivity contribution in [2.45, 2.75) is 0 Å². The Balaban J connectivity index is 1.74. The van der Waals surface area contributed by atoms with Crippen molar-refractivity contribution in [1.82, 2.24) is 9.80 Å². The van der Waals surface area contributed by atoms with Crippen LogP contribution in [-0.2, 0) is 4.79 Å². The van der Waals surface area contributed by atoms with Crippen molar-refractivity contribution < 1.29 is 9.18 Å². The van der Waals surface area contributed by atoms with Gasteiger partial charge in [-0.3, -0.25) is 9.79 Å². The summed E-state index contributed by atoms with van der Waals surface area (Å²) in [6.07, 6.45) is 0. The van der Waals surface area contributed by atoms with Gasteiger partial charge in [0.05, 0.1) is 17.9 Å². The maximum atomic E-state index is 14.5. The molecule has 28 heavy (non-hydrogen) atoms. The van der Waals surface area contributed by atoms with Crippen LogP contribution in [0.25, 0.3) is 0 Å². The lowest BCUT2D eigenvalue weighted by atomic mass is 10.0.